The second kappa shape index (κ2) is 14.4. The Balaban J connectivity index is 1.02. The zero-order chi connectivity index (χ0) is 28.6. The maximum absolute atomic E-state index is 6.58. The minimum Gasteiger partial charge on any atom is -0.490 e. The van der Waals surface area contributed by atoms with Gasteiger partial charge in [0.2, 0.25) is 0 Å². The molecule has 3 aliphatic rings. The van der Waals surface area contributed by atoms with E-state index < -0.39 is 0 Å². The quantitative estimate of drug-likeness (QED) is 0.293. The number of anilines is 2. The molecule has 3 aliphatic heterocycles. The van der Waals surface area contributed by atoms with E-state index >= 15 is 0 Å². The molecular weight excluding hydrogens is 526 g/mol. The molecule has 1 N–H and O–H groups in total. The van der Waals surface area contributed by atoms with Crippen LogP contribution in [-0.4, -0.2) is 71.8 Å². The average Bonchev–Trinajstić information content (AvgIpc) is 3.53. The Morgan fingerprint density at radius 1 is 0.905 bits per heavy atom. The summed E-state index contributed by atoms with van der Waals surface area (Å²) in [6.07, 6.45) is 3.56. The van der Waals surface area contributed by atoms with Gasteiger partial charge in [0.25, 0.3) is 0 Å². The molecule has 0 saturated carbocycles. The number of methoxy groups -OCH3 is 1. The number of piperidine rings is 1. The van der Waals surface area contributed by atoms with Crippen molar-refractivity contribution in [3.8, 4) is 5.75 Å². The van der Waals surface area contributed by atoms with Crippen LogP contribution < -0.4 is 19.9 Å². The molecule has 224 valence electrons. The van der Waals surface area contributed by atoms with E-state index in [9.17, 15) is 0 Å². The van der Waals surface area contributed by atoms with Crippen molar-refractivity contribution in [2.24, 2.45) is 0 Å². The molecule has 2 saturated heterocycles. The third-order valence-corrected chi connectivity index (χ3v) is 8.81. The fraction of sp³-hybridized carbons (Fsp3) is 0.486. The van der Waals surface area contributed by atoms with Gasteiger partial charge in [-0.2, -0.15) is 0 Å². The molecule has 2 fully saturated rings. The van der Waals surface area contributed by atoms with Crippen LogP contribution in [0.2, 0.25) is 0 Å². The van der Waals surface area contributed by atoms with Crippen molar-refractivity contribution >= 4 is 11.4 Å². The summed E-state index contributed by atoms with van der Waals surface area (Å²) < 4.78 is 24.1. The minimum atomic E-state index is 0.133. The van der Waals surface area contributed by atoms with Crippen LogP contribution in [-0.2, 0) is 27.4 Å². The van der Waals surface area contributed by atoms with Crippen LogP contribution in [0, 0.1) is 0 Å². The van der Waals surface area contributed by atoms with Gasteiger partial charge in [0.05, 0.1) is 37.7 Å². The number of para-hydroxylation sites is 1. The summed E-state index contributed by atoms with van der Waals surface area (Å²) in [5.74, 6) is 1.34. The molecule has 0 spiro atoms. The molecule has 0 aromatic heterocycles. The van der Waals surface area contributed by atoms with Gasteiger partial charge in [0.15, 0.2) is 0 Å². The van der Waals surface area contributed by atoms with Crippen LogP contribution in [0.15, 0.2) is 72.8 Å². The molecule has 42 heavy (non-hydrogen) atoms. The highest BCUT2D eigenvalue weighted by atomic mass is 16.5. The summed E-state index contributed by atoms with van der Waals surface area (Å²) in [5.41, 5.74) is 6.22. The Labute approximate surface area is 250 Å². The first kappa shape index (κ1) is 29.0. The van der Waals surface area contributed by atoms with Crippen molar-refractivity contribution in [2.45, 2.75) is 50.6 Å². The molecule has 3 aromatic carbocycles. The Kier molecular flexibility index (Phi) is 9.93. The lowest BCUT2D eigenvalue weighted by Gasteiger charge is -2.33. The smallest absolute Gasteiger partial charge is 0.142 e. The molecule has 6 rings (SSSR count). The molecule has 7 heteroatoms. The summed E-state index contributed by atoms with van der Waals surface area (Å²) in [5, 5.41) is 3.55. The maximum Gasteiger partial charge on any atom is 0.142 e. The Hall–Kier alpha value is -3.10. The summed E-state index contributed by atoms with van der Waals surface area (Å²) >= 11 is 0. The summed E-state index contributed by atoms with van der Waals surface area (Å²) in [4.78, 5) is 4.83. The number of nitrogens with zero attached hydrogens (tertiary/aromatic N) is 2. The Bertz CT molecular complexity index is 1250. The van der Waals surface area contributed by atoms with Crippen LogP contribution >= 0.6 is 0 Å². The summed E-state index contributed by atoms with van der Waals surface area (Å²) in [6.45, 7) is 8.51. The van der Waals surface area contributed by atoms with Crippen molar-refractivity contribution in [3.05, 3.63) is 89.5 Å². The van der Waals surface area contributed by atoms with Crippen molar-refractivity contribution in [1.82, 2.24) is 5.32 Å². The van der Waals surface area contributed by atoms with Crippen LogP contribution in [0.4, 0.5) is 11.4 Å². The van der Waals surface area contributed by atoms with Crippen molar-refractivity contribution in [3.63, 3.8) is 0 Å². The first-order chi connectivity index (χ1) is 20.8. The highest BCUT2D eigenvalue weighted by Gasteiger charge is 2.28. The molecule has 3 heterocycles. The lowest BCUT2D eigenvalue weighted by atomic mass is 9.87. The van der Waals surface area contributed by atoms with Gasteiger partial charge in [-0.05, 0) is 66.8 Å². The second-order valence-corrected chi connectivity index (χ2v) is 11.7. The zero-order valence-corrected chi connectivity index (χ0v) is 24.9. The van der Waals surface area contributed by atoms with Gasteiger partial charge < -0.3 is 34.1 Å². The van der Waals surface area contributed by atoms with E-state index in [0.717, 1.165) is 77.5 Å². The number of ether oxygens (including phenoxy) is 4. The number of hydrogen-bond acceptors (Lipinski definition) is 7. The fourth-order valence-electron chi connectivity index (χ4n) is 6.44. The fourth-order valence-corrected chi connectivity index (χ4v) is 6.44. The highest BCUT2D eigenvalue weighted by Crippen LogP contribution is 2.34. The molecule has 0 unspecified atom stereocenters. The molecule has 0 radical (unpaired) electrons. The SMILES string of the molecule is COCCCN1CCOc2ccc(CO[C@H]3CNCC[C@@H]3c3ccc(CO[C@H]4CCN(c5ccccc5)C4)cc3)cc21. The van der Waals surface area contributed by atoms with E-state index in [1.165, 1.54) is 28.1 Å². The third-order valence-electron chi connectivity index (χ3n) is 8.81. The molecule has 3 atom stereocenters. The van der Waals surface area contributed by atoms with Crippen LogP contribution in [0.5, 0.6) is 5.75 Å². The first-order valence-corrected chi connectivity index (χ1v) is 15.6. The van der Waals surface area contributed by atoms with Gasteiger partial charge in [0, 0.05) is 51.5 Å². The van der Waals surface area contributed by atoms with E-state index in [1.54, 1.807) is 7.11 Å². The largest absolute Gasteiger partial charge is 0.490 e. The highest BCUT2D eigenvalue weighted by molar-refractivity contribution is 5.61. The van der Waals surface area contributed by atoms with Crippen LogP contribution in [0.1, 0.15) is 41.9 Å². The van der Waals surface area contributed by atoms with E-state index in [4.69, 9.17) is 18.9 Å². The van der Waals surface area contributed by atoms with Crippen molar-refractivity contribution < 1.29 is 18.9 Å². The van der Waals surface area contributed by atoms with E-state index in [-0.39, 0.29) is 12.2 Å². The first-order valence-electron chi connectivity index (χ1n) is 15.6. The topological polar surface area (TPSA) is 55.4 Å². The van der Waals surface area contributed by atoms with E-state index in [2.05, 4.69) is 87.9 Å². The number of nitrogens with one attached hydrogen (secondary N) is 1. The van der Waals surface area contributed by atoms with Crippen LogP contribution in [0.3, 0.4) is 0 Å². The molecule has 0 bridgehead atoms. The minimum absolute atomic E-state index is 0.133. The van der Waals surface area contributed by atoms with Gasteiger partial charge in [-0.3, -0.25) is 0 Å². The van der Waals surface area contributed by atoms with Crippen molar-refractivity contribution in [2.75, 3.05) is 69.4 Å². The van der Waals surface area contributed by atoms with E-state index in [0.29, 0.717) is 19.1 Å². The van der Waals surface area contributed by atoms with Gasteiger partial charge in [-0.25, -0.2) is 0 Å². The Morgan fingerprint density at radius 2 is 1.74 bits per heavy atom. The van der Waals surface area contributed by atoms with Gasteiger partial charge in [-0.1, -0.05) is 48.5 Å². The summed E-state index contributed by atoms with van der Waals surface area (Å²) in [6, 6.07) is 26.1. The normalized spacial score (nSPS) is 22.2. The predicted octanol–water partition coefficient (Wildman–Crippen LogP) is 5.38. The zero-order valence-electron chi connectivity index (χ0n) is 24.9. The number of benzene rings is 3. The standard InChI is InChI=1S/C35H45N3O4/c1-39-20-5-17-37-19-21-40-34-13-10-28(22-33(34)37)26-42-35-23-36-16-14-32(35)29-11-8-27(9-12-29)25-41-31-15-18-38(24-31)30-6-3-2-4-7-30/h2-4,6-13,22,31-32,35-36H,5,14-21,23-26H2,1H3/t31-,32+,35-/m0/s1. The van der Waals surface area contributed by atoms with Gasteiger partial charge in [0.1, 0.15) is 12.4 Å². The van der Waals surface area contributed by atoms with E-state index in [1.807, 2.05) is 0 Å². The molecule has 7 nitrogen and oxygen atoms in total. The van der Waals surface area contributed by atoms with Crippen LogP contribution in [0.25, 0.3) is 0 Å². The second-order valence-electron chi connectivity index (χ2n) is 11.7. The summed E-state index contributed by atoms with van der Waals surface area (Å²) in [7, 11) is 1.76. The van der Waals surface area contributed by atoms with Crippen molar-refractivity contribution in [1.29, 1.82) is 0 Å². The molecule has 0 aliphatic carbocycles. The number of rotatable bonds is 12. The lowest BCUT2D eigenvalue weighted by Crippen LogP contribution is -2.41. The molecule has 3 aromatic rings. The predicted molar refractivity (Wildman–Crippen MR) is 168 cm³/mol. The third kappa shape index (κ3) is 7.27. The maximum atomic E-state index is 6.58. The number of hydrogen-bond donors (Lipinski definition) is 1. The molecular formula is C35H45N3O4. The van der Waals surface area contributed by atoms with Gasteiger partial charge >= 0.3 is 0 Å². The molecule has 0 amide bonds. The monoisotopic (exact) mass is 571 g/mol. The average molecular weight is 572 g/mol. The van der Waals surface area contributed by atoms with Gasteiger partial charge in [-0.15, -0.1) is 0 Å². The number of fused-ring (bicyclic) bond motifs is 1. The lowest BCUT2D eigenvalue weighted by molar-refractivity contribution is 0.0106. The Morgan fingerprint density at radius 3 is 2.60 bits per heavy atom.